The van der Waals surface area contributed by atoms with Crippen LogP contribution in [0.25, 0.3) is 22.1 Å². The number of carbonyl (C=O) groups is 1. The maximum atomic E-state index is 13.2. The molecule has 39 heavy (non-hydrogen) atoms. The molecule has 8 nitrogen and oxygen atoms in total. The van der Waals surface area contributed by atoms with Gasteiger partial charge < -0.3 is 19.2 Å². The molecule has 1 fully saturated rings. The van der Waals surface area contributed by atoms with E-state index in [4.69, 9.17) is 13.9 Å². The van der Waals surface area contributed by atoms with Gasteiger partial charge in [0.25, 0.3) is 10.0 Å². The highest BCUT2D eigenvalue weighted by molar-refractivity contribution is 7.92. The van der Waals surface area contributed by atoms with E-state index in [-0.39, 0.29) is 22.3 Å². The van der Waals surface area contributed by atoms with Gasteiger partial charge in [-0.2, -0.15) is 0 Å². The zero-order chi connectivity index (χ0) is 27.6. The number of rotatable bonds is 6. The zero-order valence-corrected chi connectivity index (χ0v) is 23.0. The molecule has 0 bridgehead atoms. The Kier molecular flexibility index (Phi) is 7.38. The predicted octanol–water partition coefficient (Wildman–Crippen LogP) is 6.47. The van der Waals surface area contributed by atoms with E-state index in [9.17, 15) is 13.2 Å². The number of fused-ring (bicyclic) bond motifs is 1. The quantitative estimate of drug-likeness (QED) is 0.286. The van der Waals surface area contributed by atoms with Gasteiger partial charge in [0.05, 0.1) is 10.5 Å². The lowest BCUT2D eigenvalue weighted by molar-refractivity contribution is 0.0773. The first-order valence-electron chi connectivity index (χ1n) is 12.9. The van der Waals surface area contributed by atoms with Gasteiger partial charge in [-0.25, -0.2) is 13.2 Å². The second kappa shape index (κ2) is 10.7. The van der Waals surface area contributed by atoms with Crippen LogP contribution in [0.5, 0.6) is 5.95 Å². The maximum absolute atomic E-state index is 13.2. The molecule has 3 aromatic carbocycles. The summed E-state index contributed by atoms with van der Waals surface area (Å²) < 4.78 is 45.9. The molecule has 0 spiro atoms. The average Bonchev–Trinajstić information content (AvgIpc) is 3.26. The first kappa shape index (κ1) is 26.8. The fourth-order valence-corrected chi connectivity index (χ4v) is 5.61. The van der Waals surface area contributed by atoms with Crippen molar-refractivity contribution in [3.63, 3.8) is 0 Å². The van der Waals surface area contributed by atoms with E-state index in [1.807, 2.05) is 42.5 Å². The molecule has 204 valence electrons. The molecule has 0 radical (unpaired) electrons. The fraction of sp³-hybridized carbons (Fsp3) is 0.300. The smallest absolute Gasteiger partial charge is 0.415 e. The summed E-state index contributed by atoms with van der Waals surface area (Å²) in [6.07, 6.45) is 0.810. The number of ether oxygens (including phenoxy) is 2. The molecule has 1 amide bonds. The third-order valence-corrected chi connectivity index (χ3v) is 8.13. The minimum Gasteiger partial charge on any atom is -0.425 e. The number of benzene rings is 3. The molecule has 1 aliphatic rings. The van der Waals surface area contributed by atoms with Crippen molar-refractivity contribution in [1.82, 2.24) is 5.32 Å². The van der Waals surface area contributed by atoms with Crippen molar-refractivity contribution in [2.45, 2.75) is 50.0 Å². The van der Waals surface area contributed by atoms with Crippen LogP contribution in [0.15, 0.2) is 82.1 Å². The Morgan fingerprint density at radius 1 is 0.949 bits per heavy atom. The monoisotopic (exact) mass is 548 g/mol. The van der Waals surface area contributed by atoms with Crippen LogP contribution in [0, 0.1) is 0 Å². The van der Waals surface area contributed by atoms with Gasteiger partial charge in [0.15, 0.2) is 0 Å². The normalized spacial score (nSPS) is 14.7. The average molecular weight is 549 g/mol. The van der Waals surface area contributed by atoms with Crippen molar-refractivity contribution in [3.8, 4) is 17.1 Å². The molecule has 0 unspecified atom stereocenters. The van der Waals surface area contributed by atoms with E-state index in [2.05, 4.69) is 30.8 Å². The second-order valence-electron chi connectivity index (χ2n) is 10.6. The van der Waals surface area contributed by atoms with Gasteiger partial charge in [0.2, 0.25) is 0 Å². The number of carbonyl (C=O) groups excluding carboxylic acids is 1. The van der Waals surface area contributed by atoms with E-state index >= 15 is 0 Å². The van der Waals surface area contributed by atoms with Crippen molar-refractivity contribution >= 4 is 32.8 Å². The molecule has 4 aromatic rings. The van der Waals surface area contributed by atoms with Gasteiger partial charge in [0.1, 0.15) is 5.58 Å². The van der Waals surface area contributed by atoms with Crippen LogP contribution in [-0.4, -0.2) is 33.8 Å². The van der Waals surface area contributed by atoms with Crippen molar-refractivity contribution < 1.29 is 27.1 Å². The van der Waals surface area contributed by atoms with Crippen LogP contribution in [0.2, 0.25) is 0 Å². The summed E-state index contributed by atoms with van der Waals surface area (Å²) in [5, 5.41) is 3.48. The Labute approximate surface area is 228 Å². The molecule has 1 saturated heterocycles. The lowest BCUT2D eigenvalue weighted by Gasteiger charge is -2.22. The van der Waals surface area contributed by atoms with Crippen LogP contribution in [-0.2, 0) is 20.2 Å². The standard InChI is InChI=1S/C30H32N2O6S/c1-30(2,3)21-9-12-24(13-10-21)39(34,35)32-23-11-14-26-25(19-23)27(20-7-5-4-6-8-20)28(37-26)38-29(33)31-22-15-17-36-18-16-22/h4-14,19,22,32H,15-18H2,1-3H3,(H,31,33). The topological polar surface area (TPSA) is 107 Å². The van der Waals surface area contributed by atoms with E-state index in [1.165, 1.54) is 0 Å². The summed E-state index contributed by atoms with van der Waals surface area (Å²) in [5.41, 5.74) is 3.10. The molecule has 0 aliphatic carbocycles. The van der Waals surface area contributed by atoms with E-state index in [0.717, 1.165) is 11.1 Å². The molecule has 1 aliphatic heterocycles. The highest BCUT2D eigenvalue weighted by atomic mass is 32.2. The van der Waals surface area contributed by atoms with Gasteiger partial charge >= 0.3 is 12.0 Å². The molecular weight excluding hydrogens is 516 g/mol. The maximum Gasteiger partial charge on any atom is 0.415 e. The molecule has 0 atom stereocenters. The minimum absolute atomic E-state index is 0.0331. The summed E-state index contributed by atoms with van der Waals surface area (Å²) in [5.74, 6) is 0.0403. The first-order valence-corrected chi connectivity index (χ1v) is 14.4. The van der Waals surface area contributed by atoms with E-state index < -0.39 is 16.1 Å². The summed E-state index contributed by atoms with van der Waals surface area (Å²) in [6, 6.07) is 21.2. The number of nitrogens with one attached hydrogen (secondary N) is 2. The van der Waals surface area contributed by atoms with Gasteiger partial charge in [-0.1, -0.05) is 63.2 Å². The van der Waals surface area contributed by atoms with Crippen LogP contribution in [0.3, 0.4) is 0 Å². The molecule has 1 aromatic heterocycles. The SMILES string of the molecule is CC(C)(C)c1ccc(S(=O)(=O)Nc2ccc3oc(OC(=O)NC4CCOCC4)c(-c4ccccc4)c3c2)cc1. The zero-order valence-electron chi connectivity index (χ0n) is 22.2. The third kappa shape index (κ3) is 6.10. The highest BCUT2D eigenvalue weighted by Gasteiger charge is 2.24. The van der Waals surface area contributed by atoms with Gasteiger partial charge in [-0.05, 0) is 59.7 Å². The molecule has 2 heterocycles. The van der Waals surface area contributed by atoms with Gasteiger partial charge in [-0.15, -0.1) is 0 Å². The number of hydrogen-bond donors (Lipinski definition) is 2. The summed E-state index contributed by atoms with van der Waals surface area (Å²) in [6.45, 7) is 7.40. The number of anilines is 1. The third-order valence-electron chi connectivity index (χ3n) is 6.73. The van der Waals surface area contributed by atoms with Gasteiger partial charge in [0, 0.05) is 30.3 Å². The summed E-state index contributed by atoms with van der Waals surface area (Å²) in [4.78, 5) is 12.9. The number of furan rings is 1. The Morgan fingerprint density at radius 2 is 1.64 bits per heavy atom. The number of sulfonamides is 1. The van der Waals surface area contributed by atoms with Crippen LogP contribution >= 0.6 is 0 Å². The Balaban J connectivity index is 1.45. The van der Waals surface area contributed by atoms with Crippen LogP contribution in [0.1, 0.15) is 39.2 Å². The summed E-state index contributed by atoms with van der Waals surface area (Å²) >= 11 is 0. The van der Waals surface area contributed by atoms with E-state index in [0.29, 0.717) is 48.3 Å². The minimum atomic E-state index is -3.84. The number of hydrogen-bond acceptors (Lipinski definition) is 6. The van der Waals surface area contributed by atoms with Crippen LogP contribution < -0.4 is 14.8 Å². The molecule has 9 heteroatoms. The Bertz CT molecular complexity index is 1570. The Morgan fingerprint density at radius 3 is 2.31 bits per heavy atom. The van der Waals surface area contributed by atoms with Crippen molar-refractivity contribution in [1.29, 1.82) is 0 Å². The first-order chi connectivity index (χ1) is 18.6. The Hall–Kier alpha value is -3.82. The van der Waals surface area contributed by atoms with Crippen molar-refractivity contribution in [2.75, 3.05) is 17.9 Å². The molecule has 5 rings (SSSR count). The summed E-state index contributed by atoms with van der Waals surface area (Å²) in [7, 11) is -3.84. The molecule has 2 N–H and O–H groups in total. The fourth-order valence-electron chi connectivity index (χ4n) is 4.56. The van der Waals surface area contributed by atoms with Crippen molar-refractivity contribution in [2.24, 2.45) is 0 Å². The number of amides is 1. The second-order valence-corrected chi connectivity index (χ2v) is 12.3. The largest absolute Gasteiger partial charge is 0.425 e. The molecule has 0 saturated carbocycles. The van der Waals surface area contributed by atoms with E-state index in [1.54, 1.807) is 30.3 Å². The van der Waals surface area contributed by atoms with Gasteiger partial charge in [-0.3, -0.25) is 4.72 Å². The lowest BCUT2D eigenvalue weighted by Crippen LogP contribution is -2.40. The lowest BCUT2D eigenvalue weighted by atomic mass is 9.87. The highest BCUT2D eigenvalue weighted by Crippen LogP contribution is 2.41. The van der Waals surface area contributed by atoms with Crippen LogP contribution in [0.4, 0.5) is 10.5 Å². The predicted molar refractivity (Wildman–Crippen MR) is 151 cm³/mol. The van der Waals surface area contributed by atoms with Crippen molar-refractivity contribution in [3.05, 3.63) is 78.4 Å². The molecular formula is C30H32N2O6S.